The lowest BCUT2D eigenvalue weighted by atomic mass is 10.2. The van der Waals surface area contributed by atoms with Crippen molar-refractivity contribution in [3.63, 3.8) is 0 Å². The van der Waals surface area contributed by atoms with Crippen molar-refractivity contribution >= 4 is 29.4 Å². The lowest BCUT2D eigenvalue weighted by molar-refractivity contribution is -0.145. The Morgan fingerprint density at radius 2 is 2.00 bits per heavy atom. The van der Waals surface area contributed by atoms with E-state index < -0.39 is 11.9 Å². The predicted octanol–water partition coefficient (Wildman–Crippen LogP) is 2.55. The zero-order chi connectivity index (χ0) is 15.7. The summed E-state index contributed by atoms with van der Waals surface area (Å²) < 4.78 is 9.71. The van der Waals surface area contributed by atoms with Crippen LogP contribution in [0.2, 0.25) is 5.02 Å². The Bertz CT molecular complexity index is 514. The van der Waals surface area contributed by atoms with Gasteiger partial charge in [-0.3, -0.25) is 4.79 Å². The molecule has 0 aliphatic rings. The molecule has 0 aliphatic carbocycles. The smallest absolute Gasteiger partial charge is 0.336 e. The van der Waals surface area contributed by atoms with E-state index in [9.17, 15) is 9.59 Å². The number of rotatable bonds is 7. The van der Waals surface area contributed by atoms with Gasteiger partial charge in [0.1, 0.15) is 5.82 Å². The third-order valence-corrected chi connectivity index (χ3v) is 2.52. The number of nitrogens with zero attached hydrogens (tertiary/aromatic N) is 1. The highest BCUT2D eigenvalue weighted by molar-refractivity contribution is 6.30. The molecule has 0 saturated carbocycles. The minimum absolute atomic E-state index is 0.159. The molecular formula is C14H17ClN2O4. The molecule has 7 heteroatoms. The monoisotopic (exact) mass is 312 g/mol. The van der Waals surface area contributed by atoms with Crippen LogP contribution in [0.4, 0.5) is 5.82 Å². The van der Waals surface area contributed by atoms with Gasteiger partial charge in [-0.05, 0) is 26.0 Å². The van der Waals surface area contributed by atoms with Crippen molar-refractivity contribution in [2.24, 2.45) is 0 Å². The molecule has 0 aromatic carbocycles. The van der Waals surface area contributed by atoms with Crippen LogP contribution >= 0.6 is 11.6 Å². The minimum Gasteiger partial charge on any atom is -0.466 e. The van der Waals surface area contributed by atoms with Crippen molar-refractivity contribution in [3.05, 3.63) is 35.1 Å². The molecule has 0 atom stereocenters. The number of nitrogens with one attached hydrogen (secondary N) is 1. The van der Waals surface area contributed by atoms with Crippen molar-refractivity contribution in [3.8, 4) is 0 Å². The van der Waals surface area contributed by atoms with Crippen LogP contribution < -0.4 is 5.32 Å². The first-order valence-electron chi connectivity index (χ1n) is 6.46. The van der Waals surface area contributed by atoms with Crippen LogP contribution in [0.15, 0.2) is 30.1 Å². The Morgan fingerprint density at radius 3 is 2.57 bits per heavy atom. The maximum atomic E-state index is 11.8. The van der Waals surface area contributed by atoms with Crippen LogP contribution in [0.5, 0.6) is 0 Å². The molecule has 0 bridgehead atoms. The Kier molecular flexibility index (Phi) is 7.25. The average molecular weight is 313 g/mol. The zero-order valence-electron chi connectivity index (χ0n) is 11.9. The molecule has 21 heavy (non-hydrogen) atoms. The van der Waals surface area contributed by atoms with Gasteiger partial charge in [-0.1, -0.05) is 11.6 Å². The van der Waals surface area contributed by atoms with Gasteiger partial charge < -0.3 is 14.8 Å². The number of esters is 2. The zero-order valence-corrected chi connectivity index (χ0v) is 12.6. The summed E-state index contributed by atoms with van der Waals surface area (Å²) in [5, 5.41) is 3.32. The summed E-state index contributed by atoms with van der Waals surface area (Å²) in [6, 6.07) is 3.30. The van der Waals surface area contributed by atoms with Crippen LogP contribution in [0.3, 0.4) is 0 Å². The second kappa shape index (κ2) is 8.97. The van der Waals surface area contributed by atoms with Crippen LogP contribution in [-0.2, 0) is 19.1 Å². The van der Waals surface area contributed by atoms with Gasteiger partial charge in [-0.25, -0.2) is 9.78 Å². The second-order valence-electron chi connectivity index (χ2n) is 3.88. The molecule has 0 aliphatic heterocycles. The van der Waals surface area contributed by atoms with Gasteiger partial charge in [0.2, 0.25) is 0 Å². The van der Waals surface area contributed by atoms with Gasteiger partial charge in [0.05, 0.1) is 30.2 Å². The second-order valence-corrected chi connectivity index (χ2v) is 4.31. The average Bonchev–Trinajstić information content (AvgIpc) is 2.45. The summed E-state index contributed by atoms with van der Waals surface area (Å²) in [6.45, 7) is 3.86. The largest absolute Gasteiger partial charge is 0.466 e. The fourth-order valence-electron chi connectivity index (χ4n) is 1.40. The number of aromatic nitrogens is 1. The maximum Gasteiger partial charge on any atom is 0.336 e. The number of carbonyl (C=O) groups is 2. The summed E-state index contributed by atoms with van der Waals surface area (Å²) in [5.41, 5.74) is 0.159. The van der Waals surface area contributed by atoms with Crippen molar-refractivity contribution in [1.29, 1.82) is 0 Å². The van der Waals surface area contributed by atoms with E-state index in [1.807, 2.05) is 0 Å². The molecule has 6 nitrogen and oxygen atoms in total. The van der Waals surface area contributed by atoms with Gasteiger partial charge in [0.25, 0.3) is 0 Å². The summed E-state index contributed by atoms with van der Waals surface area (Å²) in [6.07, 6.45) is 2.67. The van der Waals surface area contributed by atoms with Gasteiger partial charge >= 0.3 is 11.9 Å². The van der Waals surface area contributed by atoms with Crippen LogP contribution in [0.1, 0.15) is 20.3 Å². The molecular weight excluding hydrogens is 296 g/mol. The molecule has 1 heterocycles. The number of anilines is 1. The number of ether oxygens (including phenoxy) is 2. The molecule has 1 aromatic heterocycles. The summed E-state index contributed by atoms with van der Waals surface area (Å²) >= 11 is 5.73. The van der Waals surface area contributed by atoms with E-state index in [0.717, 1.165) is 0 Å². The van der Waals surface area contributed by atoms with Gasteiger partial charge in [-0.15, -0.1) is 0 Å². The summed E-state index contributed by atoms with van der Waals surface area (Å²) in [5.74, 6) is -0.584. The van der Waals surface area contributed by atoms with E-state index in [2.05, 4.69) is 10.3 Å². The molecule has 1 rings (SSSR count). The topological polar surface area (TPSA) is 77.5 Å². The van der Waals surface area contributed by atoms with Crippen LogP contribution in [0.25, 0.3) is 0 Å². The quantitative estimate of drug-likeness (QED) is 0.616. The van der Waals surface area contributed by atoms with Crippen LogP contribution in [-0.4, -0.2) is 30.1 Å². The summed E-state index contributed by atoms with van der Waals surface area (Å²) in [4.78, 5) is 27.3. The Hall–Kier alpha value is -2.08. The Balaban J connectivity index is 2.78. The highest BCUT2D eigenvalue weighted by atomic mass is 35.5. The highest BCUT2D eigenvalue weighted by Crippen LogP contribution is 2.11. The first-order valence-corrected chi connectivity index (χ1v) is 6.84. The molecule has 0 unspecified atom stereocenters. The van der Waals surface area contributed by atoms with Gasteiger partial charge in [0, 0.05) is 12.4 Å². The molecule has 1 N–H and O–H groups in total. The Labute approximate surface area is 128 Å². The Morgan fingerprint density at radius 1 is 1.29 bits per heavy atom. The minimum atomic E-state index is -0.577. The number of halogens is 1. The van der Waals surface area contributed by atoms with Gasteiger partial charge in [-0.2, -0.15) is 0 Å². The van der Waals surface area contributed by atoms with Crippen molar-refractivity contribution in [1.82, 2.24) is 4.98 Å². The SMILES string of the molecule is CCOC(=O)CC(=CNc1ccc(Cl)cn1)C(=O)OCC. The molecule has 0 radical (unpaired) electrons. The molecule has 0 saturated heterocycles. The fourth-order valence-corrected chi connectivity index (χ4v) is 1.51. The van der Waals surface area contributed by atoms with E-state index in [0.29, 0.717) is 10.8 Å². The normalized spacial score (nSPS) is 10.9. The van der Waals surface area contributed by atoms with E-state index in [1.54, 1.807) is 26.0 Å². The highest BCUT2D eigenvalue weighted by Gasteiger charge is 2.16. The maximum absolute atomic E-state index is 11.8. The lowest BCUT2D eigenvalue weighted by Crippen LogP contribution is -2.15. The number of carbonyl (C=O) groups excluding carboxylic acids is 2. The first kappa shape index (κ1) is 17.0. The molecule has 114 valence electrons. The van der Waals surface area contributed by atoms with E-state index in [-0.39, 0.29) is 25.2 Å². The third kappa shape index (κ3) is 6.27. The van der Waals surface area contributed by atoms with Gasteiger partial charge in [0.15, 0.2) is 0 Å². The number of hydrogen-bond donors (Lipinski definition) is 1. The molecule has 0 fully saturated rings. The number of pyridine rings is 1. The third-order valence-electron chi connectivity index (χ3n) is 2.30. The van der Waals surface area contributed by atoms with E-state index in [4.69, 9.17) is 21.1 Å². The lowest BCUT2D eigenvalue weighted by Gasteiger charge is -2.08. The molecule has 0 spiro atoms. The predicted molar refractivity (Wildman–Crippen MR) is 78.8 cm³/mol. The standard InChI is InChI=1S/C14H17ClN2O4/c1-3-20-13(18)7-10(14(19)21-4-2)8-16-12-6-5-11(15)9-17-12/h5-6,8-9H,3-4,7H2,1-2H3,(H,16,17). The summed E-state index contributed by atoms with van der Waals surface area (Å²) in [7, 11) is 0. The fraction of sp³-hybridized carbons (Fsp3) is 0.357. The van der Waals surface area contributed by atoms with E-state index in [1.165, 1.54) is 12.4 Å². The van der Waals surface area contributed by atoms with E-state index >= 15 is 0 Å². The number of hydrogen-bond acceptors (Lipinski definition) is 6. The molecule has 0 amide bonds. The van der Waals surface area contributed by atoms with Crippen LogP contribution in [0, 0.1) is 0 Å². The first-order chi connectivity index (χ1) is 10.1. The van der Waals surface area contributed by atoms with Crippen molar-refractivity contribution < 1.29 is 19.1 Å². The van der Waals surface area contributed by atoms with Crippen molar-refractivity contribution in [2.45, 2.75) is 20.3 Å². The van der Waals surface area contributed by atoms with Crippen molar-refractivity contribution in [2.75, 3.05) is 18.5 Å². The molecule has 1 aromatic rings.